The number of aromatic nitrogens is 1. The predicted octanol–water partition coefficient (Wildman–Crippen LogP) is 1.92. The fourth-order valence-electron chi connectivity index (χ4n) is 1.37. The van der Waals surface area contributed by atoms with Gasteiger partial charge in [-0.05, 0) is 38.8 Å². The molecule has 4 heteroatoms. The highest BCUT2D eigenvalue weighted by molar-refractivity contribution is 7.11. The standard InChI is InChI=1S/C11H21N3S/c1-9(6-12)4-3-5-13-8-11-14-7-10(2)15-11/h7,9,13H,3-6,8,12H2,1-2H3. The van der Waals surface area contributed by atoms with Gasteiger partial charge in [0.05, 0.1) is 0 Å². The molecule has 3 N–H and O–H groups in total. The average molecular weight is 227 g/mol. The molecule has 0 saturated heterocycles. The molecular formula is C11H21N3S. The zero-order chi connectivity index (χ0) is 11.1. The largest absolute Gasteiger partial charge is 0.330 e. The number of hydrogen-bond acceptors (Lipinski definition) is 4. The fourth-order valence-corrected chi connectivity index (χ4v) is 2.13. The van der Waals surface area contributed by atoms with Crippen molar-refractivity contribution < 1.29 is 0 Å². The van der Waals surface area contributed by atoms with Crippen LogP contribution < -0.4 is 11.1 Å². The van der Waals surface area contributed by atoms with E-state index in [9.17, 15) is 0 Å². The molecule has 1 atom stereocenters. The maximum absolute atomic E-state index is 5.55. The maximum atomic E-state index is 5.55. The van der Waals surface area contributed by atoms with E-state index in [0.29, 0.717) is 5.92 Å². The first-order valence-corrected chi connectivity index (χ1v) is 6.36. The molecule has 0 aromatic carbocycles. The van der Waals surface area contributed by atoms with E-state index in [4.69, 9.17) is 5.73 Å². The van der Waals surface area contributed by atoms with Crippen LogP contribution >= 0.6 is 11.3 Å². The molecule has 1 aromatic rings. The molecule has 0 fully saturated rings. The van der Waals surface area contributed by atoms with Crippen molar-refractivity contribution >= 4 is 11.3 Å². The molecule has 0 spiro atoms. The lowest BCUT2D eigenvalue weighted by atomic mass is 10.1. The molecule has 0 aliphatic heterocycles. The molecule has 86 valence electrons. The lowest BCUT2D eigenvalue weighted by Gasteiger charge is -2.07. The van der Waals surface area contributed by atoms with Crippen LogP contribution in [0.15, 0.2) is 6.20 Å². The second-order valence-corrected chi connectivity index (χ2v) is 5.34. The van der Waals surface area contributed by atoms with Crippen LogP contribution in [0.25, 0.3) is 0 Å². The molecule has 1 rings (SSSR count). The summed E-state index contributed by atoms with van der Waals surface area (Å²) < 4.78 is 0. The highest BCUT2D eigenvalue weighted by Crippen LogP contribution is 2.10. The van der Waals surface area contributed by atoms with Crippen LogP contribution in [0.1, 0.15) is 29.7 Å². The minimum absolute atomic E-state index is 0.647. The Morgan fingerprint density at radius 1 is 1.60 bits per heavy atom. The van der Waals surface area contributed by atoms with Crippen LogP contribution in [0, 0.1) is 12.8 Å². The first-order chi connectivity index (χ1) is 7.22. The zero-order valence-corrected chi connectivity index (χ0v) is 10.4. The average Bonchev–Trinajstić information content (AvgIpc) is 2.63. The summed E-state index contributed by atoms with van der Waals surface area (Å²) in [5.41, 5.74) is 5.55. The number of thiazole rings is 1. The van der Waals surface area contributed by atoms with Gasteiger partial charge in [-0.1, -0.05) is 6.92 Å². The van der Waals surface area contributed by atoms with Crippen LogP contribution in [0.3, 0.4) is 0 Å². The van der Waals surface area contributed by atoms with Crippen LogP contribution in [0.4, 0.5) is 0 Å². The molecule has 1 heterocycles. The van der Waals surface area contributed by atoms with E-state index in [0.717, 1.165) is 19.6 Å². The Morgan fingerprint density at radius 2 is 2.40 bits per heavy atom. The van der Waals surface area contributed by atoms with E-state index in [1.807, 2.05) is 6.20 Å². The maximum Gasteiger partial charge on any atom is 0.107 e. The van der Waals surface area contributed by atoms with E-state index < -0.39 is 0 Å². The molecule has 1 aromatic heterocycles. The summed E-state index contributed by atoms with van der Waals surface area (Å²) in [6.07, 6.45) is 4.33. The summed E-state index contributed by atoms with van der Waals surface area (Å²) in [5.74, 6) is 0.647. The molecule has 0 amide bonds. The van der Waals surface area contributed by atoms with Crippen molar-refractivity contribution in [1.82, 2.24) is 10.3 Å². The smallest absolute Gasteiger partial charge is 0.107 e. The number of nitrogens with two attached hydrogens (primary N) is 1. The summed E-state index contributed by atoms with van der Waals surface area (Å²) in [7, 11) is 0. The highest BCUT2D eigenvalue weighted by Gasteiger charge is 1.99. The first-order valence-electron chi connectivity index (χ1n) is 5.54. The number of hydrogen-bond donors (Lipinski definition) is 2. The summed E-state index contributed by atoms with van der Waals surface area (Å²) in [6.45, 7) is 7.04. The highest BCUT2D eigenvalue weighted by atomic mass is 32.1. The fraction of sp³-hybridized carbons (Fsp3) is 0.727. The molecule has 0 radical (unpaired) electrons. The lowest BCUT2D eigenvalue weighted by Crippen LogP contribution is -2.17. The van der Waals surface area contributed by atoms with Gasteiger partial charge in [0.25, 0.3) is 0 Å². The first kappa shape index (κ1) is 12.6. The van der Waals surface area contributed by atoms with Gasteiger partial charge in [-0.2, -0.15) is 0 Å². The summed E-state index contributed by atoms with van der Waals surface area (Å²) in [6, 6.07) is 0. The van der Waals surface area contributed by atoms with Crippen molar-refractivity contribution in [3.63, 3.8) is 0 Å². The van der Waals surface area contributed by atoms with Gasteiger partial charge in [0.1, 0.15) is 5.01 Å². The van der Waals surface area contributed by atoms with E-state index in [-0.39, 0.29) is 0 Å². The molecule has 1 unspecified atom stereocenters. The van der Waals surface area contributed by atoms with Gasteiger partial charge in [0.15, 0.2) is 0 Å². The van der Waals surface area contributed by atoms with Crippen molar-refractivity contribution in [2.24, 2.45) is 11.7 Å². The molecule has 0 aliphatic rings. The van der Waals surface area contributed by atoms with Gasteiger partial charge in [-0.25, -0.2) is 4.98 Å². The molecular weight excluding hydrogens is 206 g/mol. The van der Waals surface area contributed by atoms with Gasteiger partial charge in [-0.15, -0.1) is 11.3 Å². The summed E-state index contributed by atoms with van der Waals surface area (Å²) in [5, 5.41) is 4.58. The molecule has 0 bridgehead atoms. The van der Waals surface area contributed by atoms with Crippen LogP contribution in [-0.2, 0) is 6.54 Å². The van der Waals surface area contributed by atoms with Crippen LogP contribution in [0.2, 0.25) is 0 Å². The van der Waals surface area contributed by atoms with Crippen molar-refractivity contribution in [2.45, 2.75) is 33.2 Å². The van der Waals surface area contributed by atoms with E-state index in [1.165, 1.54) is 22.7 Å². The van der Waals surface area contributed by atoms with Crippen LogP contribution in [0.5, 0.6) is 0 Å². The molecule has 15 heavy (non-hydrogen) atoms. The topological polar surface area (TPSA) is 50.9 Å². The number of rotatable bonds is 7. The molecule has 3 nitrogen and oxygen atoms in total. The van der Waals surface area contributed by atoms with Gasteiger partial charge in [0.2, 0.25) is 0 Å². The Hall–Kier alpha value is -0.450. The molecule has 0 aliphatic carbocycles. The Labute approximate surface area is 96.1 Å². The number of nitrogens with one attached hydrogen (secondary N) is 1. The second kappa shape index (κ2) is 6.93. The van der Waals surface area contributed by atoms with Crippen molar-refractivity contribution in [3.8, 4) is 0 Å². The zero-order valence-electron chi connectivity index (χ0n) is 9.62. The van der Waals surface area contributed by atoms with Gasteiger partial charge >= 0.3 is 0 Å². The van der Waals surface area contributed by atoms with Gasteiger partial charge in [-0.3, -0.25) is 0 Å². The molecule has 0 saturated carbocycles. The third-order valence-corrected chi connectivity index (χ3v) is 3.31. The quantitative estimate of drug-likeness (QED) is 0.700. The summed E-state index contributed by atoms with van der Waals surface area (Å²) >= 11 is 1.76. The predicted molar refractivity (Wildman–Crippen MR) is 66.0 cm³/mol. The number of nitrogens with zero attached hydrogens (tertiary/aromatic N) is 1. The van der Waals surface area contributed by atoms with Crippen LogP contribution in [-0.4, -0.2) is 18.1 Å². The SMILES string of the molecule is Cc1cnc(CNCCCC(C)CN)s1. The van der Waals surface area contributed by atoms with Crippen molar-refractivity contribution in [3.05, 3.63) is 16.1 Å². The second-order valence-electron chi connectivity index (χ2n) is 4.02. The minimum atomic E-state index is 0.647. The minimum Gasteiger partial charge on any atom is -0.330 e. The van der Waals surface area contributed by atoms with Gasteiger partial charge in [0, 0.05) is 17.6 Å². The third-order valence-electron chi connectivity index (χ3n) is 2.40. The Morgan fingerprint density at radius 3 is 3.00 bits per heavy atom. The van der Waals surface area contributed by atoms with E-state index in [2.05, 4.69) is 24.1 Å². The Balaban J connectivity index is 2.02. The summed E-state index contributed by atoms with van der Waals surface area (Å²) in [4.78, 5) is 5.58. The van der Waals surface area contributed by atoms with Crippen molar-refractivity contribution in [1.29, 1.82) is 0 Å². The lowest BCUT2D eigenvalue weighted by molar-refractivity contribution is 0.501. The van der Waals surface area contributed by atoms with E-state index in [1.54, 1.807) is 11.3 Å². The third kappa shape index (κ3) is 5.25. The van der Waals surface area contributed by atoms with Crippen molar-refractivity contribution in [2.75, 3.05) is 13.1 Å². The Bertz CT molecular complexity index is 273. The Kier molecular flexibility index (Phi) is 5.83. The van der Waals surface area contributed by atoms with Gasteiger partial charge < -0.3 is 11.1 Å². The monoisotopic (exact) mass is 227 g/mol. The number of aryl methyl sites for hydroxylation is 1. The normalized spacial score (nSPS) is 13.0. The van der Waals surface area contributed by atoms with E-state index >= 15 is 0 Å².